The fraction of sp³-hybridized carbons (Fsp3) is 0.632. The van der Waals surface area contributed by atoms with E-state index in [0.717, 1.165) is 36.7 Å². The van der Waals surface area contributed by atoms with Crippen molar-refractivity contribution in [3.63, 3.8) is 0 Å². The summed E-state index contributed by atoms with van der Waals surface area (Å²) >= 11 is 0. The summed E-state index contributed by atoms with van der Waals surface area (Å²) in [6, 6.07) is 6.27. The number of hydrogen-bond donors (Lipinski definition) is 1. The quantitative estimate of drug-likeness (QED) is 0.932. The first kappa shape index (κ1) is 16.5. The van der Waals surface area contributed by atoms with Crippen molar-refractivity contribution >= 4 is 11.6 Å². The zero-order chi connectivity index (χ0) is 16.6. The predicted octanol–water partition coefficient (Wildman–Crippen LogP) is 2.75. The molecule has 0 radical (unpaired) electrons. The number of likely N-dealkylation sites (tertiary alicyclic amines) is 1. The van der Waals surface area contributed by atoms with Crippen LogP contribution >= 0.6 is 0 Å². The maximum absolute atomic E-state index is 11.8. The Morgan fingerprint density at radius 3 is 2.87 bits per heavy atom. The molecule has 23 heavy (non-hydrogen) atoms. The SMILES string of the molecule is CC(=O)N1c2ccc([C@H](O)CN3CCC[C@@H](C)C3)cc2C[C@@H]1C. The fourth-order valence-electron chi connectivity index (χ4n) is 4.14. The summed E-state index contributed by atoms with van der Waals surface area (Å²) < 4.78 is 0. The first-order valence-electron chi connectivity index (χ1n) is 8.78. The topological polar surface area (TPSA) is 43.8 Å². The molecule has 1 aromatic rings. The number of piperidine rings is 1. The Morgan fingerprint density at radius 2 is 2.17 bits per heavy atom. The van der Waals surface area contributed by atoms with Gasteiger partial charge in [-0.1, -0.05) is 19.1 Å². The van der Waals surface area contributed by atoms with Gasteiger partial charge in [0.2, 0.25) is 5.91 Å². The van der Waals surface area contributed by atoms with E-state index in [4.69, 9.17) is 0 Å². The number of nitrogens with zero attached hydrogens (tertiary/aromatic N) is 2. The largest absolute Gasteiger partial charge is 0.387 e. The van der Waals surface area contributed by atoms with Crippen LogP contribution in [0, 0.1) is 5.92 Å². The molecule has 3 atom stereocenters. The Bertz CT molecular complexity index is 587. The number of fused-ring (bicyclic) bond motifs is 1. The molecule has 1 fully saturated rings. The second-order valence-corrected chi connectivity index (χ2v) is 7.35. The number of carbonyl (C=O) groups is 1. The van der Waals surface area contributed by atoms with Crippen LogP contribution in [0.1, 0.15) is 50.8 Å². The highest BCUT2D eigenvalue weighted by Gasteiger charge is 2.29. The molecular formula is C19H28N2O2. The van der Waals surface area contributed by atoms with Crippen LogP contribution in [0.2, 0.25) is 0 Å². The van der Waals surface area contributed by atoms with Crippen molar-refractivity contribution in [1.82, 2.24) is 4.90 Å². The zero-order valence-electron chi connectivity index (χ0n) is 14.5. The molecule has 2 aliphatic rings. The van der Waals surface area contributed by atoms with Gasteiger partial charge in [-0.3, -0.25) is 4.79 Å². The lowest BCUT2D eigenvalue weighted by atomic mass is 9.98. The monoisotopic (exact) mass is 316 g/mol. The van der Waals surface area contributed by atoms with Crippen molar-refractivity contribution in [3.05, 3.63) is 29.3 Å². The molecule has 0 bridgehead atoms. The van der Waals surface area contributed by atoms with Crippen LogP contribution in [-0.4, -0.2) is 41.6 Å². The van der Waals surface area contributed by atoms with E-state index in [0.29, 0.717) is 6.54 Å². The molecule has 1 N–H and O–H groups in total. The van der Waals surface area contributed by atoms with Gasteiger partial charge in [-0.2, -0.15) is 0 Å². The van der Waals surface area contributed by atoms with Gasteiger partial charge in [-0.15, -0.1) is 0 Å². The molecule has 4 heteroatoms. The Labute approximate surface area is 139 Å². The molecule has 0 aliphatic carbocycles. The lowest BCUT2D eigenvalue weighted by molar-refractivity contribution is -0.116. The first-order valence-corrected chi connectivity index (χ1v) is 8.78. The van der Waals surface area contributed by atoms with Crippen molar-refractivity contribution in [2.45, 2.75) is 52.2 Å². The van der Waals surface area contributed by atoms with Crippen LogP contribution in [-0.2, 0) is 11.2 Å². The van der Waals surface area contributed by atoms with E-state index in [1.807, 2.05) is 17.0 Å². The van der Waals surface area contributed by atoms with E-state index in [-0.39, 0.29) is 11.9 Å². The average molecular weight is 316 g/mol. The zero-order valence-corrected chi connectivity index (χ0v) is 14.5. The van der Waals surface area contributed by atoms with Crippen LogP contribution < -0.4 is 4.90 Å². The van der Waals surface area contributed by atoms with E-state index < -0.39 is 6.10 Å². The third-order valence-corrected chi connectivity index (χ3v) is 5.22. The number of benzene rings is 1. The van der Waals surface area contributed by atoms with Crippen molar-refractivity contribution in [2.24, 2.45) is 5.92 Å². The fourth-order valence-corrected chi connectivity index (χ4v) is 4.14. The Balaban J connectivity index is 1.72. The maximum atomic E-state index is 11.8. The maximum Gasteiger partial charge on any atom is 0.224 e. The molecule has 126 valence electrons. The van der Waals surface area contributed by atoms with Crippen molar-refractivity contribution in [2.75, 3.05) is 24.5 Å². The molecule has 2 heterocycles. The van der Waals surface area contributed by atoms with Gasteiger partial charge in [0.25, 0.3) is 0 Å². The molecule has 1 amide bonds. The third-order valence-electron chi connectivity index (χ3n) is 5.22. The minimum Gasteiger partial charge on any atom is -0.387 e. The summed E-state index contributed by atoms with van der Waals surface area (Å²) in [5, 5.41) is 10.6. The van der Waals surface area contributed by atoms with Gasteiger partial charge in [0.05, 0.1) is 6.10 Å². The van der Waals surface area contributed by atoms with Gasteiger partial charge in [0.15, 0.2) is 0 Å². The van der Waals surface area contributed by atoms with Crippen molar-refractivity contribution in [3.8, 4) is 0 Å². The van der Waals surface area contributed by atoms with E-state index in [1.54, 1.807) is 6.92 Å². The number of amides is 1. The van der Waals surface area contributed by atoms with Crippen LogP contribution in [0.15, 0.2) is 18.2 Å². The number of rotatable bonds is 3. The van der Waals surface area contributed by atoms with Gasteiger partial charge in [-0.25, -0.2) is 0 Å². The molecule has 0 spiro atoms. The smallest absolute Gasteiger partial charge is 0.224 e. The summed E-state index contributed by atoms with van der Waals surface area (Å²) in [4.78, 5) is 16.0. The summed E-state index contributed by atoms with van der Waals surface area (Å²) in [6.07, 6.45) is 2.94. The molecule has 3 rings (SSSR count). The van der Waals surface area contributed by atoms with Gasteiger partial charge in [-0.05, 0) is 55.8 Å². The van der Waals surface area contributed by atoms with Gasteiger partial charge < -0.3 is 14.9 Å². The highest BCUT2D eigenvalue weighted by molar-refractivity contribution is 5.94. The second-order valence-electron chi connectivity index (χ2n) is 7.35. The van der Waals surface area contributed by atoms with Gasteiger partial charge >= 0.3 is 0 Å². The Kier molecular flexibility index (Phi) is 4.74. The summed E-state index contributed by atoms with van der Waals surface area (Å²) in [5.41, 5.74) is 3.16. The lowest BCUT2D eigenvalue weighted by Gasteiger charge is -2.32. The summed E-state index contributed by atoms with van der Waals surface area (Å²) in [7, 11) is 0. The second kappa shape index (κ2) is 6.62. The molecular weight excluding hydrogens is 288 g/mol. The van der Waals surface area contributed by atoms with Crippen molar-refractivity contribution in [1.29, 1.82) is 0 Å². The number of hydrogen-bond acceptors (Lipinski definition) is 3. The van der Waals surface area contributed by atoms with Crippen LogP contribution in [0.5, 0.6) is 0 Å². The summed E-state index contributed by atoms with van der Waals surface area (Å²) in [6.45, 7) is 8.85. The molecule has 2 aliphatic heterocycles. The standard InChI is InChI=1S/C19H28N2O2/c1-13-5-4-8-20(11-13)12-19(23)16-6-7-18-17(10-16)9-14(2)21(18)15(3)22/h6-7,10,13-14,19,23H,4-5,8-9,11-12H2,1-3H3/t13-,14+,19-/m1/s1. The Morgan fingerprint density at radius 1 is 1.39 bits per heavy atom. The predicted molar refractivity (Wildman–Crippen MR) is 92.6 cm³/mol. The van der Waals surface area contributed by atoms with Crippen molar-refractivity contribution < 1.29 is 9.90 Å². The molecule has 1 aromatic carbocycles. The normalized spacial score (nSPS) is 26.2. The summed E-state index contributed by atoms with van der Waals surface area (Å²) in [5.74, 6) is 0.813. The minimum atomic E-state index is -0.452. The number of carbonyl (C=O) groups excluding carboxylic acids is 1. The molecule has 0 aromatic heterocycles. The molecule has 1 saturated heterocycles. The average Bonchev–Trinajstić information content (AvgIpc) is 2.82. The Hall–Kier alpha value is -1.39. The minimum absolute atomic E-state index is 0.0897. The third kappa shape index (κ3) is 3.43. The molecule has 0 unspecified atom stereocenters. The van der Waals surface area contributed by atoms with Crippen LogP contribution in [0.3, 0.4) is 0 Å². The number of anilines is 1. The van der Waals surface area contributed by atoms with E-state index >= 15 is 0 Å². The van der Waals surface area contributed by atoms with E-state index in [9.17, 15) is 9.90 Å². The van der Waals surface area contributed by atoms with Crippen LogP contribution in [0.25, 0.3) is 0 Å². The highest BCUT2D eigenvalue weighted by atomic mass is 16.3. The van der Waals surface area contributed by atoms with E-state index in [1.165, 1.54) is 18.4 Å². The number of aliphatic hydroxyl groups is 1. The molecule has 0 saturated carbocycles. The lowest BCUT2D eigenvalue weighted by Crippen LogP contribution is -2.37. The number of β-amino-alcohol motifs (C(OH)–C–C–N with tert-alkyl or cyclic N) is 1. The highest BCUT2D eigenvalue weighted by Crippen LogP contribution is 2.34. The van der Waals surface area contributed by atoms with E-state index in [2.05, 4.69) is 24.8 Å². The molecule has 4 nitrogen and oxygen atoms in total. The van der Waals surface area contributed by atoms with Gasteiger partial charge in [0, 0.05) is 31.7 Å². The first-order chi connectivity index (χ1) is 11.0. The van der Waals surface area contributed by atoms with Gasteiger partial charge in [0.1, 0.15) is 0 Å². The van der Waals surface area contributed by atoms with Crippen LogP contribution in [0.4, 0.5) is 5.69 Å². The number of aliphatic hydroxyl groups excluding tert-OH is 1.